The number of rotatable bonds is 1. The van der Waals surface area contributed by atoms with Crippen molar-refractivity contribution in [3.05, 3.63) is 5.21 Å². The molecule has 0 spiro atoms. The molecule has 0 radical (unpaired) electrons. The van der Waals surface area contributed by atoms with E-state index in [0.717, 1.165) is 12.8 Å². The third-order valence-electron chi connectivity index (χ3n) is 1.40. The van der Waals surface area contributed by atoms with Gasteiger partial charge in [0.2, 0.25) is 5.28 Å². The molecule has 0 bridgehead atoms. The van der Waals surface area contributed by atoms with Gasteiger partial charge in [-0.15, -0.1) is 5.01 Å². The Balaban J connectivity index is 0.000000810. The van der Waals surface area contributed by atoms with E-state index in [4.69, 9.17) is 5.21 Å². The molecule has 0 aromatic heterocycles. The van der Waals surface area contributed by atoms with Gasteiger partial charge >= 0.3 is 29.6 Å². The topological polar surface area (TPSA) is 61.9 Å². The Bertz CT molecular complexity index is 124. The molecule has 1 rings (SSSR count). The Morgan fingerprint density at radius 3 is 2.30 bits per heavy atom. The monoisotopic (exact) mass is 155 g/mol. The van der Waals surface area contributed by atoms with Crippen molar-refractivity contribution in [3.63, 3.8) is 0 Å². The van der Waals surface area contributed by atoms with Gasteiger partial charge in [0, 0.05) is 0 Å². The predicted octanol–water partition coefficient (Wildman–Crippen LogP) is -0.300. The summed E-state index contributed by atoms with van der Waals surface area (Å²) in [5.74, 6) is 0. The fourth-order valence-corrected chi connectivity index (χ4v) is 0.928. The van der Waals surface area contributed by atoms with Gasteiger partial charge < -0.3 is 10.4 Å². The molecule has 0 aliphatic carbocycles. The van der Waals surface area contributed by atoms with Crippen molar-refractivity contribution in [3.8, 4) is 0 Å². The van der Waals surface area contributed by atoms with Crippen LogP contribution < -0.4 is 0 Å². The van der Waals surface area contributed by atoms with Gasteiger partial charge in [0.1, 0.15) is 0 Å². The second kappa shape index (κ2) is 4.76. The van der Waals surface area contributed by atoms with Gasteiger partial charge in [-0.1, -0.05) is 0 Å². The maximum atomic E-state index is 10.4. The summed E-state index contributed by atoms with van der Waals surface area (Å²) in [5, 5.41) is 22.4. The smallest absolute Gasteiger partial charge is 0.230 e. The molecule has 10 heavy (non-hydrogen) atoms. The summed E-state index contributed by atoms with van der Waals surface area (Å²) in [7, 11) is 0. The van der Waals surface area contributed by atoms with Crippen LogP contribution in [-0.2, 0) is 0 Å². The zero-order chi connectivity index (χ0) is 6.69. The Labute approximate surface area is 81.1 Å². The first-order valence-corrected chi connectivity index (χ1v) is 2.92. The molecule has 0 atom stereocenters. The second-order valence-electron chi connectivity index (χ2n) is 2.00. The fraction of sp³-hybridized carbons (Fsp3) is 1.00. The van der Waals surface area contributed by atoms with E-state index in [1.807, 2.05) is 0 Å². The number of hydrogen-bond donors (Lipinski definition) is 1. The zero-order valence-electron chi connectivity index (χ0n) is 5.03. The van der Waals surface area contributed by atoms with Crippen LogP contribution in [0.4, 0.5) is 0 Å². The van der Waals surface area contributed by atoms with E-state index in [2.05, 4.69) is 5.28 Å². The summed E-state index contributed by atoms with van der Waals surface area (Å²) in [6, 6.07) is 0. The van der Waals surface area contributed by atoms with E-state index in [-0.39, 0.29) is 34.5 Å². The SMILES string of the molecule is [NaH].[O-][N+](=NO)N1CCCC1. The van der Waals surface area contributed by atoms with Crippen LogP contribution in [-0.4, -0.2) is 57.8 Å². The van der Waals surface area contributed by atoms with Gasteiger partial charge in [0.05, 0.1) is 18.1 Å². The maximum absolute atomic E-state index is 10.4. The van der Waals surface area contributed by atoms with E-state index < -0.39 is 0 Å². The van der Waals surface area contributed by atoms with Crippen LogP contribution in [0.15, 0.2) is 5.28 Å². The van der Waals surface area contributed by atoms with Crippen molar-refractivity contribution >= 4 is 29.6 Å². The van der Waals surface area contributed by atoms with E-state index in [1.54, 1.807) is 0 Å². The van der Waals surface area contributed by atoms with Crippen LogP contribution >= 0.6 is 0 Å². The van der Waals surface area contributed by atoms with Crippen LogP contribution in [0.1, 0.15) is 12.8 Å². The van der Waals surface area contributed by atoms with Gasteiger partial charge in [-0.05, 0) is 12.8 Å². The molecule has 6 heteroatoms. The molecule has 0 unspecified atom stereocenters. The van der Waals surface area contributed by atoms with Gasteiger partial charge in [0.25, 0.3) is 0 Å². The molecule has 0 amide bonds. The summed E-state index contributed by atoms with van der Waals surface area (Å²) < 4.78 is 0. The van der Waals surface area contributed by atoms with Crippen molar-refractivity contribution in [1.82, 2.24) is 5.01 Å². The van der Waals surface area contributed by atoms with Gasteiger partial charge in [-0.2, -0.15) is 0 Å². The minimum Gasteiger partial charge on any atom is -0.569 e. The minimum absolute atomic E-state index is 0. The summed E-state index contributed by atoms with van der Waals surface area (Å²) >= 11 is 0. The number of hydrogen-bond acceptors (Lipinski definition) is 2. The predicted molar refractivity (Wildman–Crippen MR) is 35.8 cm³/mol. The summed E-state index contributed by atoms with van der Waals surface area (Å²) in [6.07, 6.45) is 2.02. The standard InChI is InChI=1S/C4H9N3O2.Na.H/c8-5-7(9)6-3-1-2-4-6;;/h8H,1-4H2;;. The average Bonchev–Trinajstić information content (AvgIpc) is 2.37. The van der Waals surface area contributed by atoms with Crippen LogP contribution in [0.5, 0.6) is 0 Å². The summed E-state index contributed by atoms with van der Waals surface area (Å²) in [4.78, 5) is 0.229. The molecule has 0 aromatic rings. The zero-order valence-corrected chi connectivity index (χ0v) is 5.03. The molecule has 5 nitrogen and oxygen atoms in total. The van der Waals surface area contributed by atoms with Crippen molar-refractivity contribution in [2.75, 3.05) is 13.1 Å². The molecule has 1 N–H and O–H groups in total. The Morgan fingerprint density at radius 2 is 1.90 bits per heavy atom. The molecule has 1 aliphatic rings. The third-order valence-corrected chi connectivity index (χ3v) is 1.40. The molecule has 0 aromatic carbocycles. The van der Waals surface area contributed by atoms with Crippen molar-refractivity contribution in [1.29, 1.82) is 0 Å². The molecule has 1 heterocycles. The molecular formula is C4H10N3NaO2. The fourth-order valence-electron chi connectivity index (χ4n) is 0.928. The van der Waals surface area contributed by atoms with E-state index in [9.17, 15) is 5.21 Å². The molecular weight excluding hydrogens is 145 g/mol. The molecule has 54 valence electrons. The van der Waals surface area contributed by atoms with E-state index in [1.165, 1.54) is 5.01 Å². The quantitative estimate of drug-likeness (QED) is 0.245. The van der Waals surface area contributed by atoms with Crippen molar-refractivity contribution < 1.29 is 10.2 Å². The first kappa shape index (κ1) is 10.0. The Morgan fingerprint density at radius 1 is 1.40 bits per heavy atom. The maximum Gasteiger partial charge on any atom is 0.230 e. The van der Waals surface area contributed by atoms with E-state index >= 15 is 0 Å². The number of hydrazine groups is 1. The minimum atomic E-state index is 0. The average molecular weight is 155 g/mol. The van der Waals surface area contributed by atoms with Gasteiger partial charge in [-0.25, -0.2) is 0 Å². The summed E-state index contributed by atoms with van der Waals surface area (Å²) in [5.41, 5.74) is 0. The van der Waals surface area contributed by atoms with Crippen LogP contribution in [0.3, 0.4) is 0 Å². The van der Waals surface area contributed by atoms with Gasteiger partial charge in [0.15, 0.2) is 0 Å². The molecule has 0 saturated carbocycles. The second-order valence-corrected chi connectivity index (χ2v) is 2.00. The summed E-state index contributed by atoms with van der Waals surface area (Å²) in [6.45, 7) is 1.40. The van der Waals surface area contributed by atoms with Crippen molar-refractivity contribution in [2.24, 2.45) is 5.28 Å². The molecule has 1 saturated heterocycles. The van der Waals surface area contributed by atoms with Crippen LogP contribution in [0, 0.1) is 5.21 Å². The first-order chi connectivity index (χ1) is 4.34. The molecule has 1 aliphatic heterocycles. The Hall–Kier alpha value is 0.0000000000000000555. The number of nitrogens with zero attached hydrogens (tertiary/aromatic N) is 3. The normalized spacial score (nSPS) is 18.8. The van der Waals surface area contributed by atoms with Crippen LogP contribution in [0.25, 0.3) is 0 Å². The first-order valence-electron chi connectivity index (χ1n) is 2.92. The largest absolute Gasteiger partial charge is 0.569 e. The van der Waals surface area contributed by atoms with Crippen molar-refractivity contribution in [2.45, 2.75) is 12.8 Å². The Kier molecular flexibility index (Phi) is 4.76. The molecule has 1 fully saturated rings. The van der Waals surface area contributed by atoms with Gasteiger partial charge in [-0.3, -0.25) is 0 Å². The van der Waals surface area contributed by atoms with E-state index in [0.29, 0.717) is 13.1 Å². The third kappa shape index (κ3) is 2.32. The van der Waals surface area contributed by atoms with Crippen LogP contribution in [0.2, 0.25) is 0 Å².